The van der Waals surface area contributed by atoms with Gasteiger partial charge in [-0.25, -0.2) is 13.8 Å². The maximum atomic E-state index is 14.4. The lowest BCUT2D eigenvalue weighted by atomic mass is 10.0. The number of nitrogens with zero attached hydrogens (tertiary/aromatic N) is 1. The number of carbonyl (C=O) groups excluding carboxylic acids is 1. The fourth-order valence-electron chi connectivity index (χ4n) is 1.87. The van der Waals surface area contributed by atoms with Gasteiger partial charge in [-0.1, -0.05) is 29.3 Å². The summed E-state index contributed by atoms with van der Waals surface area (Å²) >= 11 is 11.3. The number of hydrogen-bond donors (Lipinski definition) is 1. The number of aryl methyl sites for hydroxylation is 1. The molecule has 0 aliphatic carbocycles. The molecule has 1 aromatic heterocycles. The second kappa shape index (κ2) is 5.98. The van der Waals surface area contributed by atoms with E-state index in [0.717, 1.165) is 6.07 Å². The molecule has 0 fully saturated rings. The molecule has 9 heteroatoms. The van der Waals surface area contributed by atoms with E-state index in [4.69, 9.17) is 23.2 Å². The molecule has 0 aliphatic heterocycles. The minimum atomic E-state index is -4.34. The van der Waals surface area contributed by atoms with Crippen LogP contribution < -0.4 is 5.73 Å². The van der Waals surface area contributed by atoms with Crippen LogP contribution in [0.2, 0.25) is 10.2 Å². The van der Waals surface area contributed by atoms with Crippen LogP contribution in [-0.2, 0) is 10.7 Å². The molecular formula is C14H8Cl2F4N2O. The van der Waals surface area contributed by atoms with Crippen molar-refractivity contribution in [3.05, 3.63) is 51.1 Å². The molecule has 1 amide bonds. The SMILES string of the molecule is Cc1ccc(-c2nc(Cl)cc(C(F)(F)C(N)=O)c2F)c(F)c1Cl. The van der Waals surface area contributed by atoms with Crippen LogP contribution in [0.25, 0.3) is 11.3 Å². The maximum absolute atomic E-state index is 14.4. The van der Waals surface area contributed by atoms with Gasteiger partial charge >= 0.3 is 5.92 Å². The summed E-state index contributed by atoms with van der Waals surface area (Å²) in [5.74, 6) is -9.08. The van der Waals surface area contributed by atoms with Crippen molar-refractivity contribution in [1.82, 2.24) is 4.98 Å². The van der Waals surface area contributed by atoms with Gasteiger partial charge in [0.1, 0.15) is 10.8 Å². The Morgan fingerprint density at radius 3 is 2.39 bits per heavy atom. The van der Waals surface area contributed by atoms with Crippen LogP contribution in [0.15, 0.2) is 18.2 Å². The first kappa shape index (κ1) is 17.5. The first-order chi connectivity index (χ1) is 10.6. The number of primary amides is 1. The molecule has 0 bridgehead atoms. The molecule has 0 unspecified atom stereocenters. The zero-order chi connectivity index (χ0) is 17.5. The summed E-state index contributed by atoms with van der Waals surface area (Å²) in [4.78, 5) is 14.4. The lowest BCUT2D eigenvalue weighted by Gasteiger charge is -2.16. The zero-order valence-electron chi connectivity index (χ0n) is 11.4. The van der Waals surface area contributed by atoms with E-state index >= 15 is 0 Å². The zero-order valence-corrected chi connectivity index (χ0v) is 12.9. The van der Waals surface area contributed by atoms with E-state index in [0.29, 0.717) is 11.6 Å². The molecule has 2 rings (SSSR count). The van der Waals surface area contributed by atoms with Gasteiger partial charge in [-0.3, -0.25) is 4.79 Å². The number of halogens is 6. The number of nitrogens with two attached hydrogens (primary N) is 1. The van der Waals surface area contributed by atoms with E-state index < -0.39 is 45.4 Å². The van der Waals surface area contributed by atoms with Gasteiger partial charge in [0.25, 0.3) is 5.91 Å². The highest BCUT2D eigenvalue weighted by Crippen LogP contribution is 2.37. The molecule has 1 heterocycles. The molecule has 2 aromatic rings. The molecule has 122 valence electrons. The van der Waals surface area contributed by atoms with Gasteiger partial charge in [-0.15, -0.1) is 0 Å². The molecule has 0 radical (unpaired) electrons. The van der Waals surface area contributed by atoms with E-state index in [-0.39, 0.29) is 5.02 Å². The predicted octanol–water partition coefficient (Wildman–Crippen LogP) is 4.22. The van der Waals surface area contributed by atoms with Crippen LogP contribution in [0, 0.1) is 18.6 Å². The minimum absolute atomic E-state index is 0.313. The van der Waals surface area contributed by atoms with Gasteiger partial charge in [-0.2, -0.15) is 8.78 Å². The van der Waals surface area contributed by atoms with Crippen molar-refractivity contribution in [1.29, 1.82) is 0 Å². The van der Waals surface area contributed by atoms with Crippen LogP contribution in [0.1, 0.15) is 11.1 Å². The van der Waals surface area contributed by atoms with Crippen LogP contribution in [0.3, 0.4) is 0 Å². The summed E-state index contributed by atoms with van der Waals surface area (Å²) in [5.41, 5.74) is 2.27. The van der Waals surface area contributed by atoms with Crippen molar-refractivity contribution >= 4 is 29.1 Å². The predicted molar refractivity (Wildman–Crippen MR) is 77.4 cm³/mol. The number of alkyl halides is 2. The maximum Gasteiger partial charge on any atom is 0.352 e. The van der Waals surface area contributed by atoms with Crippen molar-refractivity contribution in [2.75, 3.05) is 0 Å². The summed E-state index contributed by atoms with van der Waals surface area (Å²) in [6, 6.07) is 2.93. The number of rotatable bonds is 3. The van der Waals surface area contributed by atoms with Crippen LogP contribution in [0.4, 0.5) is 17.6 Å². The Labute approximate surface area is 138 Å². The third kappa shape index (κ3) is 2.98. The molecule has 1 aromatic carbocycles. The lowest BCUT2D eigenvalue weighted by molar-refractivity contribution is -0.143. The Kier molecular flexibility index (Phi) is 4.54. The summed E-state index contributed by atoms with van der Waals surface area (Å²) < 4.78 is 56.1. The number of pyridine rings is 1. The average molecular weight is 367 g/mol. The largest absolute Gasteiger partial charge is 0.364 e. The monoisotopic (exact) mass is 366 g/mol. The Balaban J connectivity index is 2.78. The van der Waals surface area contributed by atoms with E-state index in [2.05, 4.69) is 10.7 Å². The molecule has 0 atom stereocenters. The number of benzene rings is 1. The molecule has 2 N–H and O–H groups in total. The van der Waals surface area contributed by atoms with Crippen molar-refractivity contribution in [3.8, 4) is 11.3 Å². The molecule has 23 heavy (non-hydrogen) atoms. The average Bonchev–Trinajstić information content (AvgIpc) is 2.47. The highest BCUT2D eigenvalue weighted by atomic mass is 35.5. The first-order valence-electron chi connectivity index (χ1n) is 6.06. The van der Waals surface area contributed by atoms with Gasteiger partial charge in [0.2, 0.25) is 0 Å². The first-order valence-corrected chi connectivity index (χ1v) is 6.82. The molecule has 0 aliphatic rings. The van der Waals surface area contributed by atoms with Crippen LogP contribution >= 0.6 is 23.2 Å². The topological polar surface area (TPSA) is 56.0 Å². The standard InChI is InChI=1S/C14H8Cl2F4N2O/c1-5-2-3-6(10(17)9(5)16)12-11(18)7(4-8(15)22-12)14(19,20)13(21)23/h2-4H,1H3,(H2,21,23). The number of carbonyl (C=O) groups is 1. The third-order valence-electron chi connectivity index (χ3n) is 3.10. The van der Waals surface area contributed by atoms with E-state index in [1.54, 1.807) is 0 Å². The normalized spacial score (nSPS) is 11.6. The molecule has 0 spiro atoms. The highest BCUT2D eigenvalue weighted by Gasteiger charge is 2.43. The summed E-state index contributed by atoms with van der Waals surface area (Å²) in [5, 5.41) is -0.875. The quantitative estimate of drug-likeness (QED) is 0.653. The number of aromatic nitrogens is 1. The summed E-state index contributed by atoms with van der Waals surface area (Å²) in [6.45, 7) is 1.50. The van der Waals surface area contributed by atoms with Crippen molar-refractivity contribution in [3.63, 3.8) is 0 Å². The summed E-state index contributed by atoms with van der Waals surface area (Å²) in [6.07, 6.45) is 0. The Morgan fingerprint density at radius 1 is 1.22 bits per heavy atom. The second-order valence-corrected chi connectivity index (χ2v) is 5.42. The fraction of sp³-hybridized carbons (Fsp3) is 0.143. The number of hydrogen-bond acceptors (Lipinski definition) is 2. The van der Waals surface area contributed by atoms with Gasteiger partial charge < -0.3 is 5.73 Å². The van der Waals surface area contributed by atoms with Gasteiger partial charge in [0, 0.05) is 5.56 Å². The third-order valence-corrected chi connectivity index (χ3v) is 3.76. The Bertz CT molecular complexity index is 812. The fourth-order valence-corrected chi connectivity index (χ4v) is 2.23. The minimum Gasteiger partial charge on any atom is -0.364 e. The smallest absolute Gasteiger partial charge is 0.352 e. The van der Waals surface area contributed by atoms with Crippen LogP contribution in [-0.4, -0.2) is 10.9 Å². The van der Waals surface area contributed by atoms with Crippen LogP contribution in [0.5, 0.6) is 0 Å². The summed E-state index contributed by atoms with van der Waals surface area (Å²) in [7, 11) is 0. The molecular weight excluding hydrogens is 359 g/mol. The Morgan fingerprint density at radius 2 is 1.83 bits per heavy atom. The van der Waals surface area contributed by atoms with Crippen molar-refractivity contribution < 1.29 is 22.4 Å². The molecule has 3 nitrogen and oxygen atoms in total. The number of amides is 1. The van der Waals surface area contributed by atoms with Gasteiger partial charge in [0.05, 0.1) is 10.6 Å². The van der Waals surface area contributed by atoms with Crippen molar-refractivity contribution in [2.24, 2.45) is 5.73 Å². The molecule has 0 saturated heterocycles. The lowest BCUT2D eigenvalue weighted by Crippen LogP contribution is -2.34. The van der Waals surface area contributed by atoms with Crippen molar-refractivity contribution in [2.45, 2.75) is 12.8 Å². The second-order valence-electron chi connectivity index (χ2n) is 4.65. The Hall–Kier alpha value is -1.86. The van der Waals surface area contributed by atoms with E-state index in [9.17, 15) is 22.4 Å². The van der Waals surface area contributed by atoms with E-state index in [1.165, 1.54) is 13.0 Å². The highest BCUT2D eigenvalue weighted by molar-refractivity contribution is 6.32. The van der Waals surface area contributed by atoms with E-state index in [1.807, 2.05) is 0 Å². The van der Waals surface area contributed by atoms with Gasteiger partial charge in [0.15, 0.2) is 11.6 Å². The molecule has 0 saturated carbocycles. The van der Waals surface area contributed by atoms with Gasteiger partial charge in [-0.05, 0) is 24.6 Å².